The Labute approximate surface area is 113 Å². The number of ether oxygens (including phenoxy) is 2. The number of nitrogens with zero attached hydrogens (tertiary/aromatic N) is 2. The van der Waals surface area contributed by atoms with Gasteiger partial charge in [0.15, 0.2) is 5.79 Å². The van der Waals surface area contributed by atoms with Gasteiger partial charge >= 0.3 is 0 Å². The van der Waals surface area contributed by atoms with Crippen molar-refractivity contribution in [3.05, 3.63) is 54.6 Å². The molecule has 0 bridgehead atoms. The summed E-state index contributed by atoms with van der Waals surface area (Å²) in [5.74, 6) is -0.554. The van der Waals surface area contributed by atoms with E-state index in [0.29, 0.717) is 13.2 Å². The van der Waals surface area contributed by atoms with Crippen LogP contribution in [0.5, 0.6) is 0 Å². The second-order valence-electron chi connectivity index (χ2n) is 4.72. The molecule has 1 fully saturated rings. The van der Waals surface area contributed by atoms with E-state index in [1.165, 1.54) is 0 Å². The largest absolute Gasteiger partial charge is 0.343 e. The highest BCUT2D eigenvalue weighted by molar-refractivity contribution is 5.20. The molecule has 4 heteroatoms. The lowest BCUT2D eigenvalue weighted by molar-refractivity contribution is -0.172. The van der Waals surface area contributed by atoms with E-state index in [0.717, 1.165) is 24.9 Å². The Balaban J connectivity index is 1.67. The summed E-state index contributed by atoms with van der Waals surface area (Å²) in [6.07, 6.45) is 7.47. The number of aromatic nitrogens is 2. The van der Waals surface area contributed by atoms with Crippen molar-refractivity contribution in [2.75, 3.05) is 13.2 Å². The molecule has 0 radical (unpaired) electrons. The molecule has 0 N–H and O–H groups in total. The highest BCUT2D eigenvalue weighted by Crippen LogP contribution is 2.35. The van der Waals surface area contributed by atoms with Gasteiger partial charge in [-0.25, -0.2) is 4.98 Å². The average molecular weight is 258 g/mol. The SMILES string of the molecule is c1ccc(C2(CCCn3ccnc3)OCCO2)cc1. The predicted octanol–water partition coefficient (Wildman–Crippen LogP) is 2.56. The third kappa shape index (κ3) is 2.69. The number of rotatable bonds is 5. The highest BCUT2D eigenvalue weighted by Gasteiger charge is 2.37. The van der Waals surface area contributed by atoms with Crippen LogP contribution in [0.15, 0.2) is 49.1 Å². The van der Waals surface area contributed by atoms with Crippen LogP contribution in [0.3, 0.4) is 0 Å². The third-order valence-electron chi connectivity index (χ3n) is 3.45. The van der Waals surface area contributed by atoms with Crippen LogP contribution in [0, 0.1) is 0 Å². The van der Waals surface area contributed by atoms with Gasteiger partial charge in [0.05, 0.1) is 19.5 Å². The molecule has 3 rings (SSSR count). The molecule has 0 spiro atoms. The predicted molar refractivity (Wildman–Crippen MR) is 71.5 cm³/mol. The molecule has 100 valence electrons. The lowest BCUT2D eigenvalue weighted by Crippen LogP contribution is -2.27. The number of hydrogen-bond donors (Lipinski definition) is 0. The van der Waals surface area contributed by atoms with Gasteiger partial charge in [-0.2, -0.15) is 0 Å². The zero-order valence-electron chi connectivity index (χ0n) is 10.9. The summed E-state index contributed by atoms with van der Waals surface area (Å²) in [4.78, 5) is 4.05. The highest BCUT2D eigenvalue weighted by atomic mass is 16.7. The molecule has 0 atom stereocenters. The second kappa shape index (κ2) is 5.55. The molecule has 0 saturated carbocycles. The molecule has 0 unspecified atom stereocenters. The van der Waals surface area contributed by atoms with Crippen LogP contribution in [-0.4, -0.2) is 22.8 Å². The second-order valence-corrected chi connectivity index (χ2v) is 4.72. The van der Waals surface area contributed by atoms with Crippen LogP contribution >= 0.6 is 0 Å². The van der Waals surface area contributed by atoms with Crippen molar-refractivity contribution in [2.24, 2.45) is 0 Å². The van der Waals surface area contributed by atoms with Crippen molar-refractivity contribution in [1.82, 2.24) is 9.55 Å². The van der Waals surface area contributed by atoms with Gasteiger partial charge in [-0.1, -0.05) is 30.3 Å². The topological polar surface area (TPSA) is 36.3 Å². The Morgan fingerprint density at radius 1 is 1.16 bits per heavy atom. The molecule has 1 aromatic carbocycles. The Kier molecular flexibility index (Phi) is 3.62. The minimum absolute atomic E-state index is 0.554. The zero-order chi connectivity index (χ0) is 13.0. The van der Waals surface area contributed by atoms with Crippen LogP contribution in [0.25, 0.3) is 0 Å². The van der Waals surface area contributed by atoms with Crippen LogP contribution in [-0.2, 0) is 21.8 Å². The van der Waals surface area contributed by atoms with Gasteiger partial charge in [-0.3, -0.25) is 0 Å². The van der Waals surface area contributed by atoms with E-state index in [9.17, 15) is 0 Å². The summed E-state index contributed by atoms with van der Waals surface area (Å²) in [6, 6.07) is 10.2. The van der Waals surface area contributed by atoms with E-state index >= 15 is 0 Å². The Hall–Kier alpha value is -1.65. The smallest absolute Gasteiger partial charge is 0.195 e. The minimum atomic E-state index is -0.554. The van der Waals surface area contributed by atoms with E-state index in [1.54, 1.807) is 6.20 Å². The van der Waals surface area contributed by atoms with Gasteiger partial charge < -0.3 is 14.0 Å². The van der Waals surface area contributed by atoms with Crippen LogP contribution in [0.4, 0.5) is 0 Å². The van der Waals surface area contributed by atoms with Crippen molar-refractivity contribution in [3.8, 4) is 0 Å². The monoisotopic (exact) mass is 258 g/mol. The fraction of sp³-hybridized carbons (Fsp3) is 0.400. The van der Waals surface area contributed by atoms with E-state index < -0.39 is 5.79 Å². The minimum Gasteiger partial charge on any atom is -0.343 e. The van der Waals surface area contributed by atoms with E-state index in [-0.39, 0.29) is 0 Å². The van der Waals surface area contributed by atoms with Crippen LogP contribution < -0.4 is 0 Å². The molecule has 4 nitrogen and oxygen atoms in total. The van der Waals surface area contributed by atoms with Crippen LogP contribution in [0.2, 0.25) is 0 Å². The number of imidazole rings is 1. The number of hydrogen-bond acceptors (Lipinski definition) is 3. The Morgan fingerprint density at radius 2 is 1.95 bits per heavy atom. The van der Waals surface area contributed by atoms with Crippen molar-refractivity contribution >= 4 is 0 Å². The molecular weight excluding hydrogens is 240 g/mol. The maximum absolute atomic E-state index is 5.90. The van der Waals surface area contributed by atoms with Gasteiger partial charge in [-0.05, 0) is 6.42 Å². The molecule has 1 aromatic heterocycles. The van der Waals surface area contributed by atoms with Crippen molar-refractivity contribution in [2.45, 2.75) is 25.2 Å². The molecule has 2 aromatic rings. The normalized spacial score (nSPS) is 17.7. The first-order valence-corrected chi connectivity index (χ1v) is 6.68. The molecule has 19 heavy (non-hydrogen) atoms. The Morgan fingerprint density at radius 3 is 2.63 bits per heavy atom. The van der Waals surface area contributed by atoms with Crippen molar-refractivity contribution < 1.29 is 9.47 Å². The van der Waals surface area contributed by atoms with Gasteiger partial charge in [0, 0.05) is 30.9 Å². The van der Waals surface area contributed by atoms with Gasteiger partial charge in [0.25, 0.3) is 0 Å². The number of aryl methyl sites for hydroxylation is 1. The average Bonchev–Trinajstić information content (AvgIpc) is 3.12. The summed E-state index contributed by atoms with van der Waals surface area (Å²) in [6.45, 7) is 2.27. The molecule has 1 aliphatic heterocycles. The molecule has 1 aliphatic rings. The standard InChI is InChI=1S/C15H18N2O2/c1-2-5-14(6-3-1)15(18-11-12-19-15)7-4-9-17-10-8-16-13-17/h1-3,5-6,8,10,13H,4,7,9,11-12H2. The maximum atomic E-state index is 5.90. The van der Waals surface area contributed by atoms with Crippen LogP contribution in [0.1, 0.15) is 18.4 Å². The summed E-state index contributed by atoms with van der Waals surface area (Å²) >= 11 is 0. The summed E-state index contributed by atoms with van der Waals surface area (Å²) in [5, 5.41) is 0. The zero-order valence-corrected chi connectivity index (χ0v) is 10.9. The van der Waals surface area contributed by atoms with E-state index in [1.807, 2.05) is 30.7 Å². The molecule has 1 saturated heterocycles. The third-order valence-corrected chi connectivity index (χ3v) is 3.45. The lowest BCUT2D eigenvalue weighted by Gasteiger charge is -2.28. The van der Waals surface area contributed by atoms with E-state index in [4.69, 9.17) is 9.47 Å². The Bertz CT molecular complexity index is 490. The van der Waals surface area contributed by atoms with Crippen molar-refractivity contribution in [1.29, 1.82) is 0 Å². The fourth-order valence-electron chi connectivity index (χ4n) is 2.52. The number of benzene rings is 1. The molecular formula is C15H18N2O2. The first kappa shape index (κ1) is 12.4. The first-order valence-electron chi connectivity index (χ1n) is 6.68. The first-order chi connectivity index (χ1) is 9.39. The van der Waals surface area contributed by atoms with Gasteiger partial charge in [-0.15, -0.1) is 0 Å². The van der Waals surface area contributed by atoms with Gasteiger partial charge in [0.1, 0.15) is 0 Å². The summed E-state index contributed by atoms with van der Waals surface area (Å²) in [7, 11) is 0. The molecule has 0 amide bonds. The quantitative estimate of drug-likeness (QED) is 0.827. The van der Waals surface area contributed by atoms with Gasteiger partial charge in [0.2, 0.25) is 0 Å². The molecule has 0 aliphatic carbocycles. The van der Waals surface area contributed by atoms with E-state index in [2.05, 4.69) is 21.7 Å². The summed E-state index contributed by atoms with van der Waals surface area (Å²) in [5.41, 5.74) is 1.11. The fourth-order valence-corrected chi connectivity index (χ4v) is 2.52. The lowest BCUT2D eigenvalue weighted by atomic mass is 10.0. The maximum Gasteiger partial charge on any atom is 0.195 e. The van der Waals surface area contributed by atoms with Crippen molar-refractivity contribution in [3.63, 3.8) is 0 Å². The molecule has 2 heterocycles. The summed E-state index contributed by atoms with van der Waals surface area (Å²) < 4.78 is 13.9.